The molecule has 0 spiro atoms. The number of benzene rings is 3. The van der Waals surface area contributed by atoms with E-state index in [9.17, 15) is 4.79 Å². The highest BCUT2D eigenvalue weighted by atomic mass is 32.2. The lowest BCUT2D eigenvalue weighted by Crippen LogP contribution is -2.21. The zero-order valence-corrected chi connectivity index (χ0v) is 20.5. The van der Waals surface area contributed by atoms with Crippen LogP contribution in [0.3, 0.4) is 0 Å². The molecule has 7 heteroatoms. The minimum Gasteiger partial charge on any atom is -0.372 e. The van der Waals surface area contributed by atoms with Gasteiger partial charge in [-0.1, -0.05) is 60.3 Å². The summed E-state index contributed by atoms with van der Waals surface area (Å²) in [5, 5.41) is 12.1. The van der Waals surface area contributed by atoms with E-state index < -0.39 is 5.25 Å². The molecule has 0 bridgehead atoms. The highest BCUT2D eigenvalue weighted by Crippen LogP contribution is 2.36. The van der Waals surface area contributed by atoms with Gasteiger partial charge in [-0.3, -0.25) is 4.79 Å². The fraction of sp³-hybridized carbons (Fsp3) is 0.222. The van der Waals surface area contributed by atoms with E-state index in [-0.39, 0.29) is 5.91 Å². The highest BCUT2D eigenvalue weighted by Gasteiger charge is 2.25. The first-order valence-corrected chi connectivity index (χ1v) is 12.3. The van der Waals surface area contributed by atoms with Crippen LogP contribution in [0.1, 0.15) is 24.7 Å². The Labute approximate surface area is 205 Å². The van der Waals surface area contributed by atoms with E-state index in [1.54, 1.807) is 0 Å². The number of nitrogens with zero attached hydrogens (tertiary/aromatic N) is 4. The van der Waals surface area contributed by atoms with Gasteiger partial charge in [0.15, 0.2) is 11.0 Å². The van der Waals surface area contributed by atoms with Gasteiger partial charge in [0.05, 0.1) is 0 Å². The van der Waals surface area contributed by atoms with Crippen molar-refractivity contribution in [2.24, 2.45) is 7.05 Å². The number of hydrogen-bond donors (Lipinski definition) is 1. The molecule has 0 aliphatic heterocycles. The SMILES string of the molecule is CCN(CC)c1ccc(-c2nnc(SC(C(=O)Nc3ccccc3)c3ccccc3)n2C)cc1. The van der Waals surface area contributed by atoms with Gasteiger partial charge in [-0.15, -0.1) is 10.2 Å². The Balaban J connectivity index is 1.58. The normalized spacial score (nSPS) is 11.7. The molecule has 1 atom stereocenters. The standard InChI is InChI=1S/C27H29N5OS/c1-4-32(5-2)23-18-16-21(17-19-23)25-29-30-27(31(25)3)34-24(20-12-8-6-9-13-20)26(33)28-22-14-10-7-11-15-22/h6-19,24H,4-5H2,1-3H3,(H,28,33). The fourth-order valence-corrected chi connectivity index (χ4v) is 4.82. The summed E-state index contributed by atoms with van der Waals surface area (Å²) in [6.07, 6.45) is 0. The summed E-state index contributed by atoms with van der Waals surface area (Å²) in [4.78, 5) is 15.6. The molecule has 0 fully saturated rings. The van der Waals surface area contributed by atoms with Crippen LogP contribution >= 0.6 is 11.8 Å². The highest BCUT2D eigenvalue weighted by molar-refractivity contribution is 8.00. The maximum absolute atomic E-state index is 13.3. The quantitative estimate of drug-likeness (QED) is 0.313. The Bertz CT molecular complexity index is 1210. The second-order valence-corrected chi connectivity index (χ2v) is 8.92. The number of rotatable bonds is 9. The molecule has 0 saturated heterocycles. The summed E-state index contributed by atoms with van der Waals surface area (Å²) in [6, 6.07) is 27.6. The number of aromatic nitrogens is 3. The van der Waals surface area contributed by atoms with Crippen molar-refractivity contribution < 1.29 is 4.79 Å². The number of nitrogens with one attached hydrogen (secondary N) is 1. The smallest absolute Gasteiger partial charge is 0.242 e. The predicted octanol–water partition coefficient (Wildman–Crippen LogP) is 5.80. The number of hydrogen-bond acceptors (Lipinski definition) is 5. The summed E-state index contributed by atoms with van der Waals surface area (Å²) < 4.78 is 1.95. The van der Waals surface area contributed by atoms with Crippen LogP contribution in [-0.2, 0) is 11.8 Å². The van der Waals surface area contributed by atoms with Crippen molar-refractivity contribution in [3.63, 3.8) is 0 Å². The maximum atomic E-state index is 13.3. The molecule has 0 radical (unpaired) electrons. The van der Waals surface area contributed by atoms with Gasteiger partial charge in [0.1, 0.15) is 5.25 Å². The summed E-state index contributed by atoms with van der Waals surface area (Å²) in [7, 11) is 1.94. The van der Waals surface area contributed by atoms with E-state index >= 15 is 0 Å². The molecule has 1 N–H and O–H groups in total. The van der Waals surface area contributed by atoms with Gasteiger partial charge in [-0.2, -0.15) is 0 Å². The Morgan fingerprint density at radius 3 is 2.15 bits per heavy atom. The first-order chi connectivity index (χ1) is 16.6. The minimum atomic E-state index is -0.470. The van der Waals surface area contributed by atoms with E-state index in [2.05, 4.69) is 58.5 Å². The molecule has 1 heterocycles. The number of anilines is 2. The Morgan fingerprint density at radius 2 is 1.53 bits per heavy atom. The molecule has 3 aromatic carbocycles. The third-order valence-electron chi connectivity index (χ3n) is 5.69. The van der Waals surface area contributed by atoms with Crippen molar-refractivity contribution in [1.29, 1.82) is 0 Å². The molecule has 0 saturated carbocycles. The molecule has 6 nitrogen and oxygen atoms in total. The Hall–Kier alpha value is -3.58. The van der Waals surface area contributed by atoms with Crippen LogP contribution in [0, 0.1) is 0 Å². The molecular weight excluding hydrogens is 442 g/mol. The third-order valence-corrected chi connectivity index (χ3v) is 6.98. The first kappa shape index (κ1) is 23.6. The molecule has 1 amide bonds. The Morgan fingerprint density at radius 1 is 0.912 bits per heavy atom. The van der Waals surface area contributed by atoms with Crippen LogP contribution in [0.25, 0.3) is 11.4 Å². The fourth-order valence-electron chi connectivity index (χ4n) is 3.81. The van der Waals surface area contributed by atoms with Crippen LogP contribution in [0.4, 0.5) is 11.4 Å². The van der Waals surface area contributed by atoms with E-state index in [1.807, 2.05) is 72.3 Å². The topological polar surface area (TPSA) is 63.1 Å². The summed E-state index contributed by atoms with van der Waals surface area (Å²) in [5.41, 5.74) is 3.85. The number of amides is 1. The van der Waals surface area contributed by atoms with Gasteiger partial charge in [0.2, 0.25) is 5.91 Å². The third kappa shape index (κ3) is 5.31. The van der Waals surface area contributed by atoms with Crippen molar-refractivity contribution in [3.8, 4) is 11.4 Å². The van der Waals surface area contributed by atoms with Crippen LogP contribution in [-0.4, -0.2) is 33.8 Å². The number of para-hydroxylation sites is 1. The summed E-state index contributed by atoms with van der Waals surface area (Å²) in [5.74, 6) is 0.666. The monoisotopic (exact) mass is 471 g/mol. The average molecular weight is 472 g/mol. The molecule has 1 aromatic heterocycles. The largest absolute Gasteiger partial charge is 0.372 e. The van der Waals surface area contributed by atoms with Gasteiger partial charge in [0.25, 0.3) is 0 Å². The van der Waals surface area contributed by atoms with Crippen molar-refractivity contribution in [2.75, 3.05) is 23.3 Å². The molecular formula is C27H29N5OS. The van der Waals surface area contributed by atoms with Crippen molar-refractivity contribution >= 4 is 29.0 Å². The lowest BCUT2D eigenvalue weighted by molar-refractivity contribution is -0.115. The first-order valence-electron chi connectivity index (χ1n) is 11.4. The van der Waals surface area contributed by atoms with Gasteiger partial charge in [0, 0.05) is 37.1 Å². The van der Waals surface area contributed by atoms with Crippen molar-refractivity contribution in [1.82, 2.24) is 14.8 Å². The molecule has 1 unspecified atom stereocenters. The molecule has 0 aliphatic carbocycles. The van der Waals surface area contributed by atoms with Gasteiger partial charge in [-0.05, 0) is 55.8 Å². The summed E-state index contributed by atoms with van der Waals surface area (Å²) >= 11 is 1.40. The lowest BCUT2D eigenvalue weighted by Gasteiger charge is -2.21. The minimum absolute atomic E-state index is 0.101. The van der Waals surface area contributed by atoms with Crippen LogP contribution < -0.4 is 10.2 Å². The molecule has 174 valence electrons. The second kappa shape index (κ2) is 11.0. The molecule has 4 aromatic rings. The van der Waals surface area contributed by atoms with Gasteiger partial charge >= 0.3 is 0 Å². The van der Waals surface area contributed by atoms with Crippen molar-refractivity contribution in [2.45, 2.75) is 24.3 Å². The molecule has 0 aliphatic rings. The van der Waals surface area contributed by atoms with E-state index in [4.69, 9.17) is 0 Å². The van der Waals surface area contributed by atoms with E-state index in [0.717, 1.165) is 35.7 Å². The van der Waals surface area contributed by atoms with Gasteiger partial charge < -0.3 is 14.8 Å². The second-order valence-electron chi connectivity index (χ2n) is 7.85. The summed E-state index contributed by atoms with van der Waals surface area (Å²) in [6.45, 7) is 6.24. The predicted molar refractivity (Wildman–Crippen MR) is 140 cm³/mol. The molecule has 4 rings (SSSR count). The van der Waals surface area contributed by atoms with Crippen molar-refractivity contribution in [3.05, 3.63) is 90.5 Å². The lowest BCUT2D eigenvalue weighted by atomic mass is 10.1. The zero-order chi connectivity index (χ0) is 23.9. The Kier molecular flexibility index (Phi) is 7.65. The molecule has 34 heavy (non-hydrogen) atoms. The van der Waals surface area contributed by atoms with E-state index in [0.29, 0.717) is 5.16 Å². The number of thioether (sulfide) groups is 1. The van der Waals surface area contributed by atoms with Gasteiger partial charge in [-0.25, -0.2) is 0 Å². The average Bonchev–Trinajstić information content (AvgIpc) is 3.24. The maximum Gasteiger partial charge on any atom is 0.242 e. The van der Waals surface area contributed by atoms with Crippen LogP contribution in [0.5, 0.6) is 0 Å². The van der Waals surface area contributed by atoms with E-state index in [1.165, 1.54) is 17.4 Å². The number of carbonyl (C=O) groups is 1. The van der Waals surface area contributed by atoms with Crippen LogP contribution in [0.2, 0.25) is 0 Å². The van der Waals surface area contributed by atoms with Crippen LogP contribution in [0.15, 0.2) is 90.1 Å². The zero-order valence-electron chi connectivity index (χ0n) is 19.7. The number of carbonyl (C=O) groups excluding carboxylic acids is 1.